The maximum Gasteiger partial charge on any atom is 0.416 e. The van der Waals surface area contributed by atoms with Crippen molar-refractivity contribution in [2.75, 3.05) is 18.6 Å². The van der Waals surface area contributed by atoms with Gasteiger partial charge in [0.1, 0.15) is 12.4 Å². The van der Waals surface area contributed by atoms with Crippen molar-refractivity contribution < 1.29 is 22.7 Å². The van der Waals surface area contributed by atoms with Crippen molar-refractivity contribution in [2.24, 2.45) is 0 Å². The molecule has 0 aliphatic heterocycles. The summed E-state index contributed by atoms with van der Waals surface area (Å²) in [6.45, 7) is 3.36. The number of halogens is 3. The highest BCUT2D eigenvalue weighted by Gasteiger charge is 2.31. The third-order valence-corrected chi connectivity index (χ3v) is 2.52. The normalized spacial score (nSPS) is 11.5. The monoisotopic (exact) mass is 276 g/mol. The van der Waals surface area contributed by atoms with E-state index in [-0.39, 0.29) is 18.4 Å². The molecule has 106 valence electrons. The van der Waals surface area contributed by atoms with Crippen LogP contribution in [0.2, 0.25) is 0 Å². The molecule has 0 N–H and O–H groups in total. The zero-order valence-electron chi connectivity index (χ0n) is 10.9. The van der Waals surface area contributed by atoms with Crippen LogP contribution in [0.15, 0.2) is 18.3 Å². The molecule has 1 aromatic rings. The molecule has 19 heavy (non-hydrogen) atoms. The Balaban J connectivity index is 3.06. The second-order valence-electron chi connectivity index (χ2n) is 4.20. The van der Waals surface area contributed by atoms with Gasteiger partial charge in [-0.05, 0) is 26.0 Å². The van der Waals surface area contributed by atoms with Gasteiger partial charge in [-0.1, -0.05) is 0 Å². The summed E-state index contributed by atoms with van der Waals surface area (Å²) in [7, 11) is 1.22. The number of hydrogen-bond donors (Lipinski definition) is 0. The van der Waals surface area contributed by atoms with Gasteiger partial charge >= 0.3 is 12.1 Å². The van der Waals surface area contributed by atoms with Crippen molar-refractivity contribution in [1.29, 1.82) is 0 Å². The van der Waals surface area contributed by atoms with E-state index in [1.165, 1.54) is 12.0 Å². The molecule has 0 saturated heterocycles. The lowest BCUT2D eigenvalue weighted by Gasteiger charge is -2.27. The summed E-state index contributed by atoms with van der Waals surface area (Å²) in [5.74, 6) is -0.442. The second-order valence-corrected chi connectivity index (χ2v) is 4.20. The van der Waals surface area contributed by atoms with E-state index in [0.717, 1.165) is 18.3 Å². The Morgan fingerprint density at radius 1 is 1.47 bits per heavy atom. The van der Waals surface area contributed by atoms with E-state index in [9.17, 15) is 18.0 Å². The Hall–Kier alpha value is -1.79. The van der Waals surface area contributed by atoms with Gasteiger partial charge in [0.15, 0.2) is 0 Å². The lowest BCUT2D eigenvalue weighted by molar-refractivity contribution is -0.139. The molecule has 0 aromatic carbocycles. The number of alkyl halides is 3. The van der Waals surface area contributed by atoms with E-state index in [1.807, 2.05) is 0 Å². The maximum atomic E-state index is 12.6. The summed E-state index contributed by atoms with van der Waals surface area (Å²) in [6.07, 6.45) is -3.36. The van der Waals surface area contributed by atoms with Crippen LogP contribution in [-0.4, -0.2) is 30.6 Å². The number of anilines is 1. The van der Waals surface area contributed by atoms with Crippen LogP contribution in [-0.2, 0) is 15.7 Å². The Kier molecular flexibility index (Phi) is 4.74. The second kappa shape index (κ2) is 5.90. The number of esters is 1. The molecular formula is C12H15F3N2O2. The molecule has 0 atom stereocenters. The molecule has 1 heterocycles. The maximum absolute atomic E-state index is 12.6. The smallest absolute Gasteiger partial charge is 0.416 e. The van der Waals surface area contributed by atoms with Gasteiger partial charge in [-0.15, -0.1) is 0 Å². The first kappa shape index (κ1) is 15.3. The van der Waals surface area contributed by atoms with Crippen LogP contribution >= 0.6 is 0 Å². The van der Waals surface area contributed by atoms with Crippen LogP contribution in [0.25, 0.3) is 0 Å². The summed E-state index contributed by atoms with van der Waals surface area (Å²) in [5.41, 5.74) is -0.798. The van der Waals surface area contributed by atoms with Crippen molar-refractivity contribution in [2.45, 2.75) is 26.1 Å². The quantitative estimate of drug-likeness (QED) is 0.792. The number of ether oxygens (including phenoxy) is 1. The van der Waals surface area contributed by atoms with Crippen molar-refractivity contribution in [3.63, 3.8) is 0 Å². The largest absolute Gasteiger partial charge is 0.468 e. The Bertz CT molecular complexity index is 447. The van der Waals surface area contributed by atoms with Crippen molar-refractivity contribution in [1.82, 2.24) is 4.98 Å². The fraction of sp³-hybridized carbons (Fsp3) is 0.500. The van der Waals surface area contributed by atoms with Crippen LogP contribution in [0, 0.1) is 0 Å². The summed E-state index contributed by atoms with van der Waals surface area (Å²) in [5, 5.41) is 0. The third kappa shape index (κ3) is 4.11. The Labute approximate surface area is 109 Å². The minimum absolute atomic E-state index is 0.0928. The van der Waals surface area contributed by atoms with Gasteiger partial charge in [0.25, 0.3) is 0 Å². The highest BCUT2D eigenvalue weighted by molar-refractivity contribution is 5.75. The van der Waals surface area contributed by atoms with Gasteiger partial charge in [-0.25, -0.2) is 4.98 Å². The molecule has 0 saturated carbocycles. The summed E-state index contributed by atoms with van der Waals surface area (Å²) >= 11 is 0. The van der Waals surface area contributed by atoms with Crippen molar-refractivity contribution in [3.05, 3.63) is 23.9 Å². The predicted octanol–water partition coefficient (Wildman–Crippen LogP) is 2.49. The number of aromatic nitrogens is 1. The van der Waals surface area contributed by atoms with E-state index in [0.29, 0.717) is 0 Å². The molecule has 1 aromatic heterocycles. The fourth-order valence-electron chi connectivity index (χ4n) is 1.48. The first-order chi connectivity index (χ1) is 8.75. The molecule has 0 radical (unpaired) electrons. The molecule has 0 bridgehead atoms. The SMILES string of the molecule is COC(=O)CN(c1cc(C(F)(F)F)ccn1)C(C)C. The number of methoxy groups -OCH3 is 1. The van der Waals surface area contributed by atoms with Crippen LogP contribution in [0.4, 0.5) is 19.0 Å². The molecule has 0 aliphatic rings. The van der Waals surface area contributed by atoms with Crippen LogP contribution < -0.4 is 4.90 Å². The average Bonchev–Trinajstić information content (AvgIpc) is 2.34. The first-order valence-corrected chi connectivity index (χ1v) is 5.62. The Morgan fingerprint density at radius 3 is 2.58 bits per heavy atom. The number of carbonyl (C=O) groups is 1. The van der Waals surface area contributed by atoms with E-state index in [2.05, 4.69) is 9.72 Å². The lowest BCUT2D eigenvalue weighted by Crippen LogP contribution is -2.37. The third-order valence-electron chi connectivity index (χ3n) is 2.52. The minimum atomic E-state index is -4.44. The predicted molar refractivity (Wildman–Crippen MR) is 63.7 cm³/mol. The number of carbonyl (C=O) groups excluding carboxylic acids is 1. The zero-order valence-corrected chi connectivity index (χ0v) is 10.9. The number of nitrogens with zero attached hydrogens (tertiary/aromatic N) is 2. The van der Waals surface area contributed by atoms with E-state index >= 15 is 0 Å². The summed E-state index contributed by atoms with van der Waals surface area (Å²) in [6, 6.07) is 1.62. The summed E-state index contributed by atoms with van der Waals surface area (Å²) < 4.78 is 42.4. The van der Waals surface area contributed by atoms with Crippen molar-refractivity contribution in [3.8, 4) is 0 Å². The van der Waals surface area contributed by atoms with Gasteiger partial charge in [0, 0.05) is 12.2 Å². The van der Waals surface area contributed by atoms with Gasteiger partial charge < -0.3 is 9.64 Å². The van der Waals surface area contributed by atoms with Gasteiger partial charge in [0.2, 0.25) is 0 Å². The average molecular weight is 276 g/mol. The highest BCUT2D eigenvalue weighted by Crippen LogP contribution is 2.31. The van der Waals surface area contributed by atoms with E-state index < -0.39 is 17.7 Å². The Morgan fingerprint density at radius 2 is 2.11 bits per heavy atom. The molecule has 0 amide bonds. The van der Waals surface area contributed by atoms with E-state index in [1.54, 1.807) is 13.8 Å². The molecule has 4 nitrogen and oxygen atoms in total. The van der Waals surface area contributed by atoms with E-state index in [4.69, 9.17) is 0 Å². The molecule has 7 heteroatoms. The first-order valence-electron chi connectivity index (χ1n) is 5.62. The van der Waals surface area contributed by atoms with Crippen LogP contribution in [0.1, 0.15) is 19.4 Å². The number of rotatable bonds is 4. The molecular weight excluding hydrogens is 261 g/mol. The molecule has 0 aliphatic carbocycles. The highest BCUT2D eigenvalue weighted by atomic mass is 19.4. The summed E-state index contributed by atoms with van der Waals surface area (Å²) in [4.78, 5) is 16.6. The number of hydrogen-bond acceptors (Lipinski definition) is 4. The standard InChI is InChI=1S/C12H15F3N2O2/c1-8(2)17(7-11(18)19-3)10-6-9(4-5-16-10)12(13,14)15/h4-6,8H,7H2,1-3H3. The number of pyridine rings is 1. The van der Waals surface area contributed by atoms with Crippen molar-refractivity contribution >= 4 is 11.8 Å². The topological polar surface area (TPSA) is 42.4 Å². The lowest BCUT2D eigenvalue weighted by atomic mass is 10.2. The fourth-order valence-corrected chi connectivity index (χ4v) is 1.48. The van der Waals surface area contributed by atoms with Crippen LogP contribution in [0.3, 0.4) is 0 Å². The minimum Gasteiger partial charge on any atom is -0.468 e. The molecule has 0 spiro atoms. The van der Waals surface area contributed by atoms with Crippen LogP contribution in [0.5, 0.6) is 0 Å². The molecule has 1 rings (SSSR count). The molecule has 0 fully saturated rings. The van der Waals surface area contributed by atoms with Gasteiger partial charge in [-0.2, -0.15) is 13.2 Å². The van der Waals surface area contributed by atoms with Gasteiger partial charge in [0.05, 0.1) is 12.7 Å². The molecule has 0 unspecified atom stereocenters. The zero-order chi connectivity index (χ0) is 14.6. The van der Waals surface area contributed by atoms with Gasteiger partial charge in [-0.3, -0.25) is 4.79 Å².